The van der Waals surface area contributed by atoms with Gasteiger partial charge < -0.3 is 9.30 Å². The van der Waals surface area contributed by atoms with E-state index < -0.39 is 17.8 Å². The van der Waals surface area contributed by atoms with Gasteiger partial charge in [-0.1, -0.05) is 15.9 Å². The number of aromatic nitrogens is 1. The fourth-order valence-electron chi connectivity index (χ4n) is 3.99. The lowest BCUT2D eigenvalue weighted by molar-refractivity contribution is -0.122. The molecule has 0 spiro atoms. The number of anilines is 1. The number of carbonyl (C=O) groups excluding carboxylic acids is 3. The number of benzene rings is 1. The van der Waals surface area contributed by atoms with E-state index >= 15 is 0 Å². The summed E-state index contributed by atoms with van der Waals surface area (Å²) in [5, 5.41) is 3.37. The van der Waals surface area contributed by atoms with E-state index in [-0.39, 0.29) is 10.7 Å². The van der Waals surface area contributed by atoms with Crippen LogP contribution in [0.3, 0.4) is 0 Å². The van der Waals surface area contributed by atoms with Crippen molar-refractivity contribution in [2.24, 2.45) is 0 Å². The van der Waals surface area contributed by atoms with Crippen molar-refractivity contribution in [3.8, 4) is 5.00 Å². The molecule has 2 aromatic heterocycles. The molecule has 1 N–H and O–H groups in total. The van der Waals surface area contributed by atoms with E-state index in [1.165, 1.54) is 23.3 Å². The highest BCUT2D eigenvalue weighted by Gasteiger charge is 2.35. The number of nitrogens with one attached hydrogen (secondary N) is 1. The Balaban J connectivity index is 1.81. The first-order valence-corrected chi connectivity index (χ1v) is 12.6. The first-order valence-electron chi connectivity index (χ1n) is 10.6. The van der Waals surface area contributed by atoms with Gasteiger partial charge in [0.05, 0.1) is 18.4 Å². The number of thiocarbonyl (C=S) groups is 1. The summed E-state index contributed by atoms with van der Waals surface area (Å²) in [6, 6.07) is 8.95. The first-order chi connectivity index (χ1) is 16.5. The summed E-state index contributed by atoms with van der Waals surface area (Å²) in [5.74, 6) is -1.48. The monoisotopic (exact) mass is 571 g/mol. The molecule has 0 unspecified atom stereocenters. The number of rotatable bonds is 4. The maximum absolute atomic E-state index is 13.4. The number of hydrogen-bond acceptors (Lipinski definition) is 6. The molecule has 35 heavy (non-hydrogen) atoms. The largest absolute Gasteiger partial charge is 0.465 e. The van der Waals surface area contributed by atoms with Gasteiger partial charge in [0.1, 0.15) is 10.6 Å². The van der Waals surface area contributed by atoms with Crippen LogP contribution in [0.25, 0.3) is 11.1 Å². The molecule has 1 saturated heterocycles. The molecule has 0 radical (unpaired) electrons. The van der Waals surface area contributed by atoms with Gasteiger partial charge in [0.25, 0.3) is 11.8 Å². The Hall–Kier alpha value is -3.08. The number of ether oxygens (including phenoxy) is 1. The average molecular weight is 573 g/mol. The molecule has 1 aliphatic rings. The molecule has 1 fully saturated rings. The Bertz CT molecular complexity index is 1430. The fourth-order valence-corrected chi connectivity index (χ4v) is 5.79. The molecule has 0 atom stereocenters. The summed E-state index contributed by atoms with van der Waals surface area (Å²) in [4.78, 5) is 41.0. The summed E-state index contributed by atoms with van der Waals surface area (Å²) >= 11 is 10.2. The highest BCUT2D eigenvalue weighted by atomic mass is 79.9. The van der Waals surface area contributed by atoms with Crippen LogP contribution in [0.5, 0.6) is 0 Å². The van der Waals surface area contributed by atoms with Gasteiger partial charge in [-0.2, -0.15) is 0 Å². The predicted octanol–water partition coefficient (Wildman–Crippen LogP) is 5.15. The van der Waals surface area contributed by atoms with Gasteiger partial charge in [-0.3, -0.25) is 19.8 Å². The minimum atomic E-state index is -0.559. The van der Waals surface area contributed by atoms with E-state index in [9.17, 15) is 14.4 Å². The van der Waals surface area contributed by atoms with Crippen molar-refractivity contribution < 1.29 is 19.1 Å². The summed E-state index contributed by atoms with van der Waals surface area (Å²) in [6.07, 6.45) is 1.56. The highest BCUT2D eigenvalue weighted by Crippen LogP contribution is 2.35. The Morgan fingerprint density at radius 3 is 2.43 bits per heavy atom. The molecule has 4 rings (SSSR count). The first kappa shape index (κ1) is 25.0. The summed E-state index contributed by atoms with van der Waals surface area (Å²) in [5.41, 5.74) is 4.21. The Morgan fingerprint density at radius 1 is 1.14 bits per heavy atom. The number of methoxy groups -OCH3 is 1. The number of amides is 2. The predicted molar refractivity (Wildman–Crippen MR) is 144 cm³/mol. The maximum atomic E-state index is 13.4. The van der Waals surface area contributed by atoms with Crippen molar-refractivity contribution in [1.29, 1.82) is 0 Å². The summed E-state index contributed by atoms with van der Waals surface area (Å²) in [6.45, 7) is 7.64. The molecule has 7 nitrogen and oxygen atoms in total. The number of esters is 1. The second kappa shape index (κ2) is 9.52. The van der Waals surface area contributed by atoms with Crippen molar-refractivity contribution in [3.63, 3.8) is 0 Å². The van der Waals surface area contributed by atoms with Gasteiger partial charge in [0.15, 0.2) is 5.11 Å². The van der Waals surface area contributed by atoms with Gasteiger partial charge >= 0.3 is 5.97 Å². The van der Waals surface area contributed by atoms with Crippen molar-refractivity contribution in [3.05, 3.63) is 73.3 Å². The van der Waals surface area contributed by atoms with E-state index in [2.05, 4.69) is 21.2 Å². The molecule has 10 heteroatoms. The van der Waals surface area contributed by atoms with Crippen molar-refractivity contribution >= 4 is 74.1 Å². The average Bonchev–Trinajstić information content (AvgIpc) is 3.25. The normalized spacial score (nSPS) is 15.1. The van der Waals surface area contributed by atoms with Crippen LogP contribution in [-0.4, -0.2) is 34.6 Å². The number of carbonyl (C=O) groups is 3. The third kappa shape index (κ3) is 4.37. The van der Waals surface area contributed by atoms with E-state index in [4.69, 9.17) is 17.0 Å². The van der Waals surface area contributed by atoms with Crippen molar-refractivity contribution in [2.45, 2.75) is 27.7 Å². The van der Waals surface area contributed by atoms with E-state index in [0.717, 1.165) is 31.3 Å². The molecule has 3 heterocycles. The Labute approximate surface area is 220 Å². The number of halogens is 1. The highest BCUT2D eigenvalue weighted by molar-refractivity contribution is 9.10. The van der Waals surface area contributed by atoms with E-state index in [0.29, 0.717) is 16.8 Å². The molecular weight excluding hydrogens is 550 g/mol. The molecule has 1 aromatic carbocycles. The van der Waals surface area contributed by atoms with Crippen LogP contribution in [0.2, 0.25) is 0 Å². The van der Waals surface area contributed by atoms with E-state index in [1.807, 2.05) is 38.3 Å². The summed E-state index contributed by atoms with van der Waals surface area (Å²) in [7, 11) is 1.36. The van der Waals surface area contributed by atoms with Crippen LogP contribution < -0.4 is 10.2 Å². The number of thiophene rings is 1. The van der Waals surface area contributed by atoms with Crippen LogP contribution in [0.4, 0.5) is 5.69 Å². The minimum Gasteiger partial charge on any atom is -0.465 e. The van der Waals surface area contributed by atoms with Gasteiger partial charge in [0.2, 0.25) is 0 Å². The fraction of sp³-hybridized carbons (Fsp3) is 0.200. The van der Waals surface area contributed by atoms with Gasteiger partial charge in [-0.05, 0) is 87.4 Å². The standard InChI is InChI=1S/C25H22BrN3O4S2/c1-12-10-16(14(3)28(12)23-20(24(32)33-5)13(2)15(4)35-23)11-19-21(30)27-25(34)29(22(19)31)18-8-6-17(26)7-9-18/h6-11H,1-5H3,(H,27,30,34)/b19-11+. The third-order valence-electron chi connectivity index (χ3n) is 5.92. The van der Waals surface area contributed by atoms with Crippen LogP contribution in [0.1, 0.15) is 37.7 Å². The maximum Gasteiger partial charge on any atom is 0.341 e. The van der Waals surface area contributed by atoms with Crippen molar-refractivity contribution in [2.75, 3.05) is 12.0 Å². The van der Waals surface area contributed by atoms with Crippen LogP contribution in [-0.2, 0) is 14.3 Å². The second-order valence-electron chi connectivity index (χ2n) is 8.05. The van der Waals surface area contributed by atoms with Crippen molar-refractivity contribution in [1.82, 2.24) is 9.88 Å². The molecule has 3 aromatic rings. The van der Waals surface area contributed by atoms with Gasteiger partial charge in [-0.15, -0.1) is 11.3 Å². The smallest absolute Gasteiger partial charge is 0.341 e. The lowest BCUT2D eigenvalue weighted by Gasteiger charge is -2.29. The lowest BCUT2D eigenvalue weighted by atomic mass is 10.1. The molecule has 2 amide bonds. The molecular formula is C25H22BrN3O4S2. The number of nitrogens with zero attached hydrogens (tertiary/aromatic N) is 2. The molecule has 0 saturated carbocycles. The van der Waals surface area contributed by atoms with Gasteiger partial charge in [0, 0.05) is 20.7 Å². The zero-order valence-electron chi connectivity index (χ0n) is 19.7. The lowest BCUT2D eigenvalue weighted by Crippen LogP contribution is -2.54. The van der Waals surface area contributed by atoms with E-state index in [1.54, 1.807) is 30.3 Å². The summed E-state index contributed by atoms with van der Waals surface area (Å²) < 4.78 is 7.83. The Kier molecular flexibility index (Phi) is 6.81. The number of hydrogen-bond donors (Lipinski definition) is 1. The third-order valence-corrected chi connectivity index (χ3v) is 7.92. The topological polar surface area (TPSA) is 80.6 Å². The Morgan fingerprint density at radius 2 is 1.80 bits per heavy atom. The minimum absolute atomic E-state index is 0.0252. The van der Waals surface area contributed by atoms with Gasteiger partial charge in [-0.25, -0.2) is 4.79 Å². The number of aryl methyl sites for hydroxylation is 2. The molecule has 0 aliphatic carbocycles. The second-order valence-corrected chi connectivity index (χ2v) is 10.6. The molecule has 0 bridgehead atoms. The van der Waals surface area contributed by atoms with Crippen LogP contribution in [0.15, 0.2) is 40.4 Å². The molecule has 1 aliphatic heterocycles. The zero-order chi connectivity index (χ0) is 25.6. The van der Waals surface area contributed by atoms with Crippen LogP contribution >= 0.6 is 39.5 Å². The van der Waals surface area contributed by atoms with Crippen LogP contribution in [0, 0.1) is 27.7 Å². The zero-order valence-corrected chi connectivity index (χ0v) is 22.9. The quantitative estimate of drug-likeness (QED) is 0.203. The molecule has 180 valence electrons. The SMILES string of the molecule is COC(=O)c1c(-n2c(C)cc(/C=C3\C(=O)NC(=S)N(c4ccc(Br)cc4)C3=O)c2C)sc(C)c1C.